The number of rotatable bonds is 4. The Morgan fingerprint density at radius 3 is 2.53 bits per heavy atom. The van der Waals surface area contributed by atoms with E-state index in [0.717, 1.165) is 0 Å². The number of carbonyl (C=O) groups is 2. The van der Waals surface area contributed by atoms with Gasteiger partial charge >= 0.3 is 12.1 Å². The van der Waals surface area contributed by atoms with Gasteiger partial charge in [-0.1, -0.05) is 0 Å². The molecule has 0 radical (unpaired) electrons. The van der Waals surface area contributed by atoms with Crippen molar-refractivity contribution in [2.45, 2.75) is 39.8 Å². The van der Waals surface area contributed by atoms with Crippen LogP contribution in [-0.2, 0) is 11.3 Å². The van der Waals surface area contributed by atoms with Gasteiger partial charge in [0.15, 0.2) is 0 Å². The SMILES string of the molecule is CCOC(=O)c1c[nH]c(CN(C(=O)O)C(C)(C)C)c1. The Hall–Kier alpha value is -1.98. The highest BCUT2D eigenvalue weighted by molar-refractivity contribution is 5.89. The molecule has 1 heterocycles. The quantitative estimate of drug-likeness (QED) is 0.822. The van der Waals surface area contributed by atoms with Gasteiger partial charge in [0.05, 0.1) is 18.7 Å². The minimum absolute atomic E-state index is 0.193. The summed E-state index contributed by atoms with van der Waals surface area (Å²) in [6, 6.07) is 1.61. The van der Waals surface area contributed by atoms with Gasteiger partial charge in [0.25, 0.3) is 0 Å². The molecule has 0 aliphatic heterocycles. The summed E-state index contributed by atoms with van der Waals surface area (Å²) in [7, 11) is 0. The van der Waals surface area contributed by atoms with Crippen LogP contribution in [0.4, 0.5) is 4.79 Å². The highest BCUT2D eigenvalue weighted by Crippen LogP contribution is 2.17. The second kappa shape index (κ2) is 5.77. The molecule has 0 spiro atoms. The van der Waals surface area contributed by atoms with Crippen molar-refractivity contribution in [3.8, 4) is 0 Å². The van der Waals surface area contributed by atoms with Crippen LogP contribution in [0, 0.1) is 0 Å². The van der Waals surface area contributed by atoms with Crippen molar-refractivity contribution in [1.82, 2.24) is 9.88 Å². The first-order chi connectivity index (χ1) is 8.75. The van der Waals surface area contributed by atoms with E-state index in [0.29, 0.717) is 17.9 Å². The van der Waals surface area contributed by atoms with Gasteiger partial charge in [0, 0.05) is 17.4 Å². The van der Waals surface area contributed by atoms with Gasteiger partial charge in [-0.3, -0.25) is 4.90 Å². The molecule has 6 heteroatoms. The monoisotopic (exact) mass is 268 g/mol. The van der Waals surface area contributed by atoms with Crippen LogP contribution in [0.5, 0.6) is 0 Å². The first kappa shape index (κ1) is 15.1. The molecule has 0 aliphatic rings. The van der Waals surface area contributed by atoms with E-state index in [1.54, 1.807) is 13.0 Å². The Morgan fingerprint density at radius 2 is 2.05 bits per heavy atom. The maximum Gasteiger partial charge on any atom is 0.408 e. The van der Waals surface area contributed by atoms with Crippen LogP contribution in [-0.4, -0.2) is 39.2 Å². The zero-order chi connectivity index (χ0) is 14.6. The van der Waals surface area contributed by atoms with Gasteiger partial charge in [-0.15, -0.1) is 0 Å². The van der Waals surface area contributed by atoms with Gasteiger partial charge in [-0.25, -0.2) is 9.59 Å². The summed E-state index contributed by atoms with van der Waals surface area (Å²) in [5.41, 5.74) is 0.539. The fourth-order valence-electron chi connectivity index (χ4n) is 1.63. The van der Waals surface area contributed by atoms with Crippen molar-refractivity contribution < 1.29 is 19.4 Å². The Balaban J connectivity index is 2.82. The molecular formula is C13H20N2O4. The van der Waals surface area contributed by atoms with E-state index < -0.39 is 17.6 Å². The summed E-state index contributed by atoms with van der Waals surface area (Å²) in [6.45, 7) is 7.68. The second-order valence-corrected chi connectivity index (χ2v) is 5.17. The number of nitrogens with zero attached hydrogens (tertiary/aromatic N) is 1. The zero-order valence-electron chi connectivity index (χ0n) is 11.7. The van der Waals surface area contributed by atoms with E-state index in [2.05, 4.69) is 4.98 Å². The molecular weight excluding hydrogens is 248 g/mol. The maximum atomic E-state index is 11.5. The topological polar surface area (TPSA) is 82.6 Å². The second-order valence-electron chi connectivity index (χ2n) is 5.17. The van der Waals surface area contributed by atoms with E-state index in [9.17, 15) is 14.7 Å². The number of hydrogen-bond acceptors (Lipinski definition) is 3. The Kier molecular flexibility index (Phi) is 4.58. The van der Waals surface area contributed by atoms with Crippen molar-refractivity contribution in [3.05, 3.63) is 23.5 Å². The maximum absolute atomic E-state index is 11.5. The number of hydrogen-bond donors (Lipinski definition) is 2. The molecule has 0 bridgehead atoms. The number of esters is 1. The summed E-state index contributed by atoms with van der Waals surface area (Å²) >= 11 is 0. The molecule has 1 amide bonds. The lowest BCUT2D eigenvalue weighted by molar-refractivity contribution is 0.0526. The van der Waals surface area contributed by atoms with Gasteiger partial charge in [-0.05, 0) is 33.8 Å². The molecule has 0 atom stereocenters. The van der Waals surface area contributed by atoms with Gasteiger partial charge in [0.1, 0.15) is 0 Å². The van der Waals surface area contributed by atoms with Crippen LogP contribution in [0.3, 0.4) is 0 Å². The van der Waals surface area contributed by atoms with E-state index in [4.69, 9.17) is 4.74 Å². The molecule has 2 N–H and O–H groups in total. The van der Waals surface area contributed by atoms with Crippen LogP contribution in [0.15, 0.2) is 12.3 Å². The third-order valence-corrected chi connectivity index (χ3v) is 2.62. The number of nitrogens with one attached hydrogen (secondary N) is 1. The summed E-state index contributed by atoms with van der Waals surface area (Å²) in [6.07, 6.45) is 0.524. The Bertz CT molecular complexity index is 459. The number of H-pyrrole nitrogens is 1. The van der Waals surface area contributed by atoms with Crippen LogP contribution in [0.25, 0.3) is 0 Å². The van der Waals surface area contributed by atoms with E-state index >= 15 is 0 Å². The smallest absolute Gasteiger partial charge is 0.408 e. The molecule has 0 fully saturated rings. The van der Waals surface area contributed by atoms with Crippen molar-refractivity contribution in [3.63, 3.8) is 0 Å². The van der Waals surface area contributed by atoms with Gasteiger partial charge in [-0.2, -0.15) is 0 Å². The number of aromatic amines is 1. The van der Waals surface area contributed by atoms with Crippen LogP contribution < -0.4 is 0 Å². The molecule has 1 rings (SSSR count). The lowest BCUT2D eigenvalue weighted by Crippen LogP contribution is -2.44. The first-order valence-electron chi connectivity index (χ1n) is 6.10. The number of amides is 1. The fourth-order valence-corrected chi connectivity index (χ4v) is 1.63. The van der Waals surface area contributed by atoms with Crippen molar-refractivity contribution >= 4 is 12.1 Å². The molecule has 1 aromatic heterocycles. The van der Waals surface area contributed by atoms with E-state index in [1.807, 2.05) is 20.8 Å². The molecule has 0 saturated heterocycles. The molecule has 0 unspecified atom stereocenters. The largest absolute Gasteiger partial charge is 0.465 e. The van der Waals surface area contributed by atoms with Gasteiger partial charge < -0.3 is 14.8 Å². The molecule has 0 aliphatic carbocycles. The zero-order valence-corrected chi connectivity index (χ0v) is 11.7. The predicted molar refractivity (Wildman–Crippen MR) is 70.1 cm³/mol. The summed E-state index contributed by atoms with van der Waals surface area (Å²) < 4.78 is 4.87. The third kappa shape index (κ3) is 4.01. The number of carboxylic acid groups (broad SMARTS) is 1. The average Bonchev–Trinajstić information content (AvgIpc) is 2.72. The van der Waals surface area contributed by atoms with Crippen molar-refractivity contribution in [2.24, 2.45) is 0 Å². The summed E-state index contributed by atoms with van der Waals surface area (Å²) in [5.74, 6) is -0.414. The number of carbonyl (C=O) groups excluding carboxylic acids is 1. The minimum Gasteiger partial charge on any atom is -0.465 e. The van der Waals surface area contributed by atoms with Crippen LogP contribution >= 0.6 is 0 Å². The predicted octanol–water partition coefficient (Wildman–Crippen LogP) is 2.47. The molecule has 0 aromatic carbocycles. The van der Waals surface area contributed by atoms with Crippen LogP contribution in [0.1, 0.15) is 43.7 Å². The fraction of sp³-hybridized carbons (Fsp3) is 0.538. The normalized spacial score (nSPS) is 11.2. The molecule has 6 nitrogen and oxygen atoms in total. The number of ether oxygens (including phenoxy) is 1. The van der Waals surface area contributed by atoms with E-state index in [1.165, 1.54) is 11.1 Å². The molecule has 1 aromatic rings. The average molecular weight is 268 g/mol. The minimum atomic E-state index is -1.00. The van der Waals surface area contributed by atoms with E-state index in [-0.39, 0.29) is 6.54 Å². The Labute approximate surface area is 112 Å². The lowest BCUT2D eigenvalue weighted by atomic mass is 10.1. The lowest BCUT2D eigenvalue weighted by Gasteiger charge is -2.32. The summed E-state index contributed by atoms with van der Waals surface area (Å²) in [4.78, 5) is 26.9. The van der Waals surface area contributed by atoms with Crippen LogP contribution in [0.2, 0.25) is 0 Å². The molecule has 0 saturated carbocycles. The summed E-state index contributed by atoms with van der Waals surface area (Å²) in [5, 5.41) is 9.19. The third-order valence-electron chi connectivity index (χ3n) is 2.62. The van der Waals surface area contributed by atoms with Gasteiger partial charge in [0.2, 0.25) is 0 Å². The first-order valence-corrected chi connectivity index (χ1v) is 6.10. The highest BCUT2D eigenvalue weighted by atomic mass is 16.5. The molecule has 106 valence electrons. The van der Waals surface area contributed by atoms with Crippen molar-refractivity contribution in [2.75, 3.05) is 6.61 Å². The van der Waals surface area contributed by atoms with Crippen molar-refractivity contribution in [1.29, 1.82) is 0 Å². The highest BCUT2D eigenvalue weighted by Gasteiger charge is 2.26. The Morgan fingerprint density at radius 1 is 1.42 bits per heavy atom. The molecule has 19 heavy (non-hydrogen) atoms. The number of aromatic nitrogens is 1. The standard InChI is InChI=1S/C13H20N2O4/c1-5-19-11(16)9-6-10(14-7-9)8-15(12(17)18)13(2,3)4/h6-7,14H,5,8H2,1-4H3,(H,17,18).